The summed E-state index contributed by atoms with van der Waals surface area (Å²) in [7, 11) is 0. The van der Waals surface area contributed by atoms with Gasteiger partial charge in [0.1, 0.15) is 0 Å². The van der Waals surface area contributed by atoms with Crippen molar-refractivity contribution in [2.45, 2.75) is 38.5 Å². The van der Waals surface area contributed by atoms with Crippen LogP contribution in [-0.2, 0) is 6.42 Å². The number of hydrogen-bond donors (Lipinski definition) is 1. The van der Waals surface area contributed by atoms with Crippen molar-refractivity contribution in [1.29, 1.82) is 0 Å². The monoisotopic (exact) mass is 261 g/mol. The molecule has 1 heterocycles. The second-order valence-corrected chi connectivity index (χ2v) is 5.19. The van der Waals surface area contributed by atoms with E-state index in [0.29, 0.717) is 0 Å². The number of aliphatic hydroxyl groups is 1. The Morgan fingerprint density at radius 3 is 2.58 bits per heavy atom. The molecule has 0 unspecified atom stereocenters. The first-order valence-corrected chi connectivity index (χ1v) is 7.31. The summed E-state index contributed by atoms with van der Waals surface area (Å²) in [5.41, 5.74) is 1.97. The summed E-state index contributed by atoms with van der Waals surface area (Å²) >= 11 is 0. The van der Waals surface area contributed by atoms with Gasteiger partial charge in [-0.15, -0.1) is 0 Å². The molecule has 3 heteroatoms. The lowest BCUT2D eigenvalue weighted by Crippen LogP contribution is -2.36. The van der Waals surface area contributed by atoms with Crippen LogP contribution >= 0.6 is 0 Å². The first-order valence-electron chi connectivity index (χ1n) is 7.31. The Balaban J connectivity index is 2.07. The zero-order chi connectivity index (χ0) is 13.5. The van der Waals surface area contributed by atoms with E-state index in [2.05, 4.69) is 0 Å². The number of amides is 1. The largest absolute Gasteiger partial charge is 0.396 e. The maximum atomic E-state index is 12.5. The third-order valence-corrected chi connectivity index (χ3v) is 3.75. The van der Waals surface area contributed by atoms with Gasteiger partial charge in [-0.3, -0.25) is 4.79 Å². The molecule has 0 radical (unpaired) electrons. The Bertz CT molecular complexity index is 411. The average molecular weight is 261 g/mol. The van der Waals surface area contributed by atoms with Crippen molar-refractivity contribution in [2.75, 3.05) is 19.7 Å². The summed E-state index contributed by atoms with van der Waals surface area (Å²) in [6.45, 7) is 2.01. The highest BCUT2D eigenvalue weighted by Gasteiger charge is 2.19. The predicted molar refractivity (Wildman–Crippen MR) is 76.2 cm³/mol. The van der Waals surface area contributed by atoms with Gasteiger partial charge in [0.2, 0.25) is 0 Å². The minimum Gasteiger partial charge on any atom is -0.396 e. The van der Waals surface area contributed by atoms with Gasteiger partial charge in [-0.1, -0.05) is 18.2 Å². The number of unbranched alkanes of at least 4 members (excludes halogenated alkanes) is 1. The van der Waals surface area contributed by atoms with Gasteiger partial charge in [0.05, 0.1) is 0 Å². The lowest BCUT2D eigenvalue weighted by molar-refractivity contribution is 0.0723. The van der Waals surface area contributed by atoms with E-state index < -0.39 is 0 Å². The lowest BCUT2D eigenvalue weighted by atomic mass is 10.00. The van der Waals surface area contributed by atoms with E-state index in [4.69, 9.17) is 5.11 Å². The van der Waals surface area contributed by atoms with Crippen LogP contribution in [0.4, 0.5) is 0 Å². The van der Waals surface area contributed by atoms with Crippen molar-refractivity contribution in [2.24, 2.45) is 0 Å². The number of rotatable bonds is 5. The van der Waals surface area contributed by atoms with Crippen molar-refractivity contribution < 1.29 is 9.90 Å². The van der Waals surface area contributed by atoms with Crippen molar-refractivity contribution in [3.63, 3.8) is 0 Å². The second-order valence-electron chi connectivity index (χ2n) is 5.19. The summed E-state index contributed by atoms with van der Waals surface area (Å²) in [6, 6.07) is 7.90. The van der Waals surface area contributed by atoms with Crippen LogP contribution in [0, 0.1) is 0 Å². The number of carbonyl (C=O) groups excluding carboxylic acids is 1. The van der Waals surface area contributed by atoms with Crippen LogP contribution in [-0.4, -0.2) is 35.6 Å². The van der Waals surface area contributed by atoms with Crippen LogP contribution in [0.15, 0.2) is 24.3 Å². The Kier molecular flexibility index (Phi) is 5.40. The molecule has 3 nitrogen and oxygen atoms in total. The van der Waals surface area contributed by atoms with E-state index in [0.717, 1.165) is 56.3 Å². The molecule has 1 amide bonds. The normalized spacial score (nSPS) is 15.5. The number of benzene rings is 1. The smallest absolute Gasteiger partial charge is 0.254 e. The molecular weight excluding hydrogens is 238 g/mol. The van der Waals surface area contributed by atoms with Crippen LogP contribution < -0.4 is 0 Å². The molecule has 0 aliphatic carbocycles. The molecule has 0 bridgehead atoms. The lowest BCUT2D eigenvalue weighted by Gasteiger charge is -2.27. The number of hydrogen-bond acceptors (Lipinski definition) is 2. The zero-order valence-electron chi connectivity index (χ0n) is 11.5. The highest BCUT2D eigenvalue weighted by atomic mass is 16.2. The Morgan fingerprint density at radius 1 is 1.11 bits per heavy atom. The minimum absolute atomic E-state index is 0.180. The summed E-state index contributed by atoms with van der Waals surface area (Å²) in [4.78, 5) is 14.5. The van der Waals surface area contributed by atoms with Gasteiger partial charge in [-0.05, 0) is 50.2 Å². The number of piperidine rings is 1. The van der Waals surface area contributed by atoms with Crippen LogP contribution in [0.2, 0.25) is 0 Å². The van der Waals surface area contributed by atoms with Gasteiger partial charge in [0.25, 0.3) is 5.91 Å². The predicted octanol–water partition coefficient (Wildman–Crippen LogP) is 2.63. The first-order chi connectivity index (χ1) is 9.33. The van der Waals surface area contributed by atoms with E-state index in [9.17, 15) is 4.79 Å². The molecule has 0 aromatic heterocycles. The molecule has 104 valence electrons. The topological polar surface area (TPSA) is 40.5 Å². The number of likely N-dealkylation sites (tertiary alicyclic amines) is 1. The maximum absolute atomic E-state index is 12.5. The molecule has 1 aliphatic rings. The molecule has 0 saturated carbocycles. The third kappa shape index (κ3) is 3.80. The SMILES string of the molecule is O=C(c1ccccc1CCCCO)N1CCCCC1. The highest BCUT2D eigenvalue weighted by Crippen LogP contribution is 2.17. The van der Waals surface area contributed by atoms with E-state index in [1.54, 1.807) is 0 Å². The quantitative estimate of drug-likeness (QED) is 0.828. The summed E-state index contributed by atoms with van der Waals surface area (Å²) in [6.07, 6.45) is 6.09. The fraction of sp³-hybridized carbons (Fsp3) is 0.562. The van der Waals surface area contributed by atoms with Crippen molar-refractivity contribution in [3.05, 3.63) is 35.4 Å². The van der Waals surface area contributed by atoms with Crippen molar-refractivity contribution >= 4 is 5.91 Å². The fourth-order valence-corrected chi connectivity index (χ4v) is 2.64. The zero-order valence-corrected chi connectivity index (χ0v) is 11.5. The Labute approximate surface area is 115 Å². The molecule has 0 spiro atoms. The van der Waals surface area contributed by atoms with Crippen LogP contribution in [0.5, 0.6) is 0 Å². The van der Waals surface area contributed by atoms with Crippen molar-refractivity contribution in [3.8, 4) is 0 Å². The van der Waals surface area contributed by atoms with Gasteiger partial charge >= 0.3 is 0 Å². The molecule has 1 aromatic carbocycles. The van der Waals surface area contributed by atoms with Gasteiger partial charge in [-0.25, -0.2) is 0 Å². The van der Waals surface area contributed by atoms with Crippen LogP contribution in [0.25, 0.3) is 0 Å². The van der Waals surface area contributed by atoms with Gasteiger partial charge in [0, 0.05) is 25.3 Å². The van der Waals surface area contributed by atoms with Gasteiger partial charge < -0.3 is 10.0 Å². The maximum Gasteiger partial charge on any atom is 0.254 e. The van der Waals surface area contributed by atoms with E-state index in [1.165, 1.54) is 6.42 Å². The summed E-state index contributed by atoms with van der Waals surface area (Å²) < 4.78 is 0. The molecule has 0 atom stereocenters. The molecule has 2 rings (SSSR count). The molecule has 19 heavy (non-hydrogen) atoms. The standard InChI is InChI=1S/C16H23NO2/c18-13-7-4-9-14-8-2-3-10-15(14)16(19)17-11-5-1-6-12-17/h2-3,8,10,18H,1,4-7,9,11-13H2. The van der Waals surface area contributed by atoms with Gasteiger partial charge in [-0.2, -0.15) is 0 Å². The molecule has 1 N–H and O–H groups in total. The number of aryl methyl sites for hydroxylation is 1. The van der Waals surface area contributed by atoms with Crippen LogP contribution in [0.3, 0.4) is 0 Å². The fourth-order valence-electron chi connectivity index (χ4n) is 2.64. The second kappa shape index (κ2) is 7.29. The van der Waals surface area contributed by atoms with Gasteiger partial charge in [0.15, 0.2) is 0 Å². The number of nitrogens with zero attached hydrogens (tertiary/aromatic N) is 1. The molecule has 1 aliphatic heterocycles. The molecular formula is C16H23NO2. The minimum atomic E-state index is 0.180. The van der Waals surface area contributed by atoms with Crippen molar-refractivity contribution in [1.82, 2.24) is 4.90 Å². The molecule has 1 saturated heterocycles. The number of aliphatic hydroxyl groups excluding tert-OH is 1. The average Bonchev–Trinajstić information content (AvgIpc) is 2.48. The van der Waals surface area contributed by atoms with E-state index >= 15 is 0 Å². The first kappa shape index (κ1) is 14.1. The van der Waals surface area contributed by atoms with Crippen LogP contribution in [0.1, 0.15) is 48.0 Å². The van der Waals surface area contributed by atoms with E-state index in [-0.39, 0.29) is 12.5 Å². The number of carbonyl (C=O) groups is 1. The summed E-state index contributed by atoms with van der Waals surface area (Å²) in [5.74, 6) is 0.180. The summed E-state index contributed by atoms with van der Waals surface area (Å²) in [5, 5.41) is 8.85. The van der Waals surface area contributed by atoms with E-state index in [1.807, 2.05) is 29.2 Å². The molecule has 1 fully saturated rings. The third-order valence-electron chi connectivity index (χ3n) is 3.75. The Morgan fingerprint density at radius 2 is 1.84 bits per heavy atom. The molecule has 1 aromatic rings. The Hall–Kier alpha value is -1.35. The highest BCUT2D eigenvalue weighted by molar-refractivity contribution is 5.95.